The molecule has 0 saturated heterocycles. The molecular weight excluding hydrogens is 438 g/mol. The van der Waals surface area contributed by atoms with Crippen LogP contribution >= 0.6 is 0 Å². The summed E-state index contributed by atoms with van der Waals surface area (Å²) >= 11 is 0. The van der Waals surface area contributed by atoms with E-state index in [9.17, 15) is 17.6 Å². The summed E-state index contributed by atoms with van der Waals surface area (Å²) in [6.45, 7) is 0.210. The first kappa shape index (κ1) is 20.6. The standard InChI is InChI=1S/C22H15F4N7/c23-16-8-6-14(7-9-16)20-15(13-32(31-20)17-4-2-1-3-5-17)12-27-18-10-11-19-28-29-21(22(24,25)26)33(19)30-18/h1-11,13H,12H2,(H,27,30). The zero-order chi connectivity index (χ0) is 23.0. The van der Waals surface area contributed by atoms with E-state index in [-0.39, 0.29) is 23.8 Å². The second kappa shape index (κ2) is 8.01. The normalized spacial score (nSPS) is 11.8. The third-order valence-electron chi connectivity index (χ3n) is 4.90. The molecule has 0 radical (unpaired) electrons. The molecule has 0 saturated carbocycles. The highest BCUT2D eigenvalue weighted by atomic mass is 19.4. The summed E-state index contributed by atoms with van der Waals surface area (Å²) in [5.74, 6) is -1.37. The van der Waals surface area contributed by atoms with Crippen LogP contribution in [0.25, 0.3) is 22.6 Å². The van der Waals surface area contributed by atoms with Crippen LogP contribution in [0, 0.1) is 5.82 Å². The Morgan fingerprint density at radius 2 is 1.61 bits per heavy atom. The number of hydrogen-bond acceptors (Lipinski definition) is 5. The minimum absolute atomic E-state index is 0.0169. The Kier molecular flexibility index (Phi) is 5.00. The van der Waals surface area contributed by atoms with Gasteiger partial charge in [-0.05, 0) is 48.5 Å². The Bertz CT molecular complexity index is 1410. The number of benzene rings is 2. The second-order valence-electron chi connectivity index (χ2n) is 7.15. The average Bonchev–Trinajstić information content (AvgIpc) is 3.43. The fourth-order valence-electron chi connectivity index (χ4n) is 3.35. The molecule has 0 atom stereocenters. The number of nitrogens with one attached hydrogen (secondary N) is 1. The maximum absolute atomic E-state index is 13.4. The van der Waals surface area contributed by atoms with Crippen LogP contribution in [0.2, 0.25) is 0 Å². The van der Waals surface area contributed by atoms with E-state index in [4.69, 9.17) is 0 Å². The number of nitrogens with zero attached hydrogens (tertiary/aromatic N) is 6. The van der Waals surface area contributed by atoms with Gasteiger partial charge in [-0.1, -0.05) is 18.2 Å². The molecule has 3 heterocycles. The van der Waals surface area contributed by atoms with E-state index in [1.54, 1.807) is 23.0 Å². The Balaban J connectivity index is 1.49. The van der Waals surface area contributed by atoms with Crippen molar-refractivity contribution in [3.05, 3.63) is 90.1 Å². The molecule has 0 spiro atoms. The van der Waals surface area contributed by atoms with Crippen molar-refractivity contribution in [1.82, 2.24) is 29.6 Å². The van der Waals surface area contributed by atoms with Gasteiger partial charge >= 0.3 is 6.18 Å². The van der Waals surface area contributed by atoms with Gasteiger partial charge in [0.2, 0.25) is 0 Å². The summed E-state index contributed by atoms with van der Waals surface area (Å²) in [6.07, 6.45) is -2.88. The van der Waals surface area contributed by atoms with Crippen molar-refractivity contribution in [2.75, 3.05) is 5.32 Å². The molecule has 0 unspecified atom stereocenters. The SMILES string of the molecule is Fc1ccc(-c2nn(-c3ccccc3)cc2CNc2ccc3nnc(C(F)(F)F)n3n2)cc1. The molecule has 0 bridgehead atoms. The molecule has 0 aliphatic rings. The van der Waals surface area contributed by atoms with E-state index < -0.39 is 12.0 Å². The van der Waals surface area contributed by atoms with Crippen LogP contribution in [0.3, 0.4) is 0 Å². The van der Waals surface area contributed by atoms with E-state index in [2.05, 4.69) is 25.7 Å². The molecule has 1 N–H and O–H groups in total. The lowest BCUT2D eigenvalue weighted by Crippen LogP contribution is -2.13. The molecule has 5 rings (SSSR count). The molecular formula is C22H15F4N7. The lowest BCUT2D eigenvalue weighted by molar-refractivity contribution is -0.146. The summed E-state index contributed by atoms with van der Waals surface area (Å²) in [5, 5.41) is 18.3. The highest BCUT2D eigenvalue weighted by molar-refractivity contribution is 5.64. The summed E-state index contributed by atoms with van der Waals surface area (Å²) in [6, 6.07) is 18.3. The Morgan fingerprint density at radius 1 is 0.848 bits per heavy atom. The summed E-state index contributed by atoms with van der Waals surface area (Å²) in [7, 11) is 0. The number of rotatable bonds is 5. The number of hydrogen-bond donors (Lipinski definition) is 1. The number of alkyl halides is 3. The highest BCUT2D eigenvalue weighted by Gasteiger charge is 2.37. The molecule has 166 valence electrons. The minimum atomic E-state index is -4.68. The fraction of sp³-hybridized carbons (Fsp3) is 0.0909. The third kappa shape index (κ3) is 4.12. The predicted molar refractivity (Wildman–Crippen MR) is 112 cm³/mol. The first-order valence-electron chi connectivity index (χ1n) is 9.82. The van der Waals surface area contributed by atoms with Crippen molar-refractivity contribution in [2.45, 2.75) is 12.7 Å². The molecule has 0 aliphatic heterocycles. The third-order valence-corrected chi connectivity index (χ3v) is 4.90. The van der Waals surface area contributed by atoms with Crippen molar-refractivity contribution < 1.29 is 17.6 Å². The van der Waals surface area contributed by atoms with Gasteiger partial charge in [-0.15, -0.1) is 15.3 Å². The van der Waals surface area contributed by atoms with Gasteiger partial charge in [-0.2, -0.15) is 22.8 Å². The van der Waals surface area contributed by atoms with E-state index >= 15 is 0 Å². The number of aromatic nitrogens is 6. The van der Waals surface area contributed by atoms with Crippen LogP contribution in [0.15, 0.2) is 72.9 Å². The largest absolute Gasteiger partial charge is 0.453 e. The molecule has 3 aromatic heterocycles. The topological polar surface area (TPSA) is 72.9 Å². The Hall–Kier alpha value is -4.28. The molecule has 0 amide bonds. The number of fused-ring (bicyclic) bond motifs is 1. The minimum Gasteiger partial charge on any atom is -0.364 e. The summed E-state index contributed by atoms with van der Waals surface area (Å²) in [4.78, 5) is 0. The number of anilines is 1. The van der Waals surface area contributed by atoms with Crippen molar-refractivity contribution in [1.29, 1.82) is 0 Å². The molecule has 7 nitrogen and oxygen atoms in total. The van der Waals surface area contributed by atoms with Crippen LogP contribution in [-0.4, -0.2) is 29.6 Å². The van der Waals surface area contributed by atoms with Gasteiger partial charge in [0.15, 0.2) is 5.65 Å². The zero-order valence-electron chi connectivity index (χ0n) is 16.8. The second-order valence-corrected chi connectivity index (χ2v) is 7.15. The van der Waals surface area contributed by atoms with Crippen LogP contribution in [0.4, 0.5) is 23.4 Å². The number of halogens is 4. The monoisotopic (exact) mass is 453 g/mol. The summed E-state index contributed by atoms with van der Waals surface area (Å²) < 4.78 is 55.2. The van der Waals surface area contributed by atoms with Gasteiger partial charge in [0.25, 0.3) is 5.82 Å². The zero-order valence-corrected chi connectivity index (χ0v) is 16.8. The van der Waals surface area contributed by atoms with Crippen LogP contribution in [-0.2, 0) is 12.7 Å². The maximum Gasteiger partial charge on any atom is 0.453 e. The van der Waals surface area contributed by atoms with E-state index in [1.165, 1.54) is 24.3 Å². The van der Waals surface area contributed by atoms with Crippen LogP contribution < -0.4 is 5.32 Å². The molecule has 2 aromatic carbocycles. The van der Waals surface area contributed by atoms with Crippen molar-refractivity contribution in [3.63, 3.8) is 0 Å². The van der Waals surface area contributed by atoms with Crippen molar-refractivity contribution in [3.8, 4) is 16.9 Å². The quantitative estimate of drug-likeness (QED) is 0.389. The van der Waals surface area contributed by atoms with E-state index in [0.717, 1.165) is 11.3 Å². The number of para-hydroxylation sites is 1. The van der Waals surface area contributed by atoms with Crippen molar-refractivity contribution in [2.24, 2.45) is 0 Å². The first-order valence-corrected chi connectivity index (χ1v) is 9.82. The lowest BCUT2D eigenvalue weighted by Gasteiger charge is -2.08. The Morgan fingerprint density at radius 3 is 2.33 bits per heavy atom. The van der Waals surface area contributed by atoms with Gasteiger partial charge in [0.1, 0.15) is 11.6 Å². The van der Waals surface area contributed by atoms with Crippen molar-refractivity contribution >= 4 is 11.5 Å². The lowest BCUT2D eigenvalue weighted by atomic mass is 10.1. The average molecular weight is 453 g/mol. The van der Waals surface area contributed by atoms with Gasteiger partial charge < -0.3 is 5.32 Å². The molecule has 0 aliphatic carbocycles. The first-order chi connectivity index (χ1) is 15.9. The van der Waals surface area contributed by atoms with Gasteiger partial charge in [-0.3, -0.25) is 0 Å². The summed E-state index contributed by atoms with van der Waals surface area (Å²) in [5.41, 5.74) is 2.85. The molecule has 33 heavy (non-hydrogen) atoms. The van der Waals surface area contributed by atoms with Gasteiger partial charge in [-0.25, -0.2) is 9.07 Å². The maximum atomic E-state index is 13.4. The smallest absolute Gasteiger partial charge is 0.364 e. The Labute approximate surface area is 184 Å². The fourth-order valence-corrected chi connectivity index (χ4v) is 3.35. The highest BCUT2D eigenvalue weighted by Crippen LogP contribution is 2.28. The van der Waals surface area contributed by atoms with Crippen LogP contribution in [0.5, 0.6) is 0 Å². The molecule has 0 fully saturated rings. The molecule has 11 heteroatoms. The molecule has 5 aromatic rings. The van der Waals surface area contributed by atoms with Gasteiger partial charge in [0.05, 0.1) is 11.4 Å². The van der Waals surface area contributed by atoms with Crippen LogP contribution in [0.1, 0.15) is 11.4 Å². The van der Waals surface area contributed by atoms with Gasteiger partial charge in [0, 0.05) is 23.9 Å². The van der Waals surface area contributed by atoms with E-state index in [0.29, 0.717) is 15.8 Å². The predicted octanol–water partition coefficient (Wildman–Crippen LogP) is 4.75. The van der Waals surface area contributed by atoms with E-state index in [1.807, 2.05) is 30.3 Å².